The molecule has 0 saturated heterocycles. The summed E-state index contributed by atoms with van der Waals surface area (Å²) < 4.78 is 13.3. The van der Waals surface area contributed by atoms with Gasteiger partial charge in [-0.05, 0) is 20.8 Å². The van der Waals surface area contributed by atoms with Crippen LogP contribution in [0.25, 0.3) is 5.65 Å². The van der Waals surface area contributed by atoms with E-state index in [2.05, 4.69) is 29.2 Å². The highest BCUT2D eigenvalue weighted by Crippen LogP contribution is 2.17. The first-order valence-electron chi connectivity index (χ1n) is 6.93. The lowest BCUT2D eigenvalue weighted by Crippen LogP contribution is -2.25. The van der Waals surface area contributed by atoms with Crippen molar-refractivity contribution in [3.63, 3.8) is 0 Å². The van der Waals surface area contributed by atoms with E-state index >= 15 is 0 Å². The predicted octanol–water partition coefficient (Wildman–Crippen LogP) is 1.77. The molecule has 0 bridgehead atoms. The smallest absolute Gasteiger partial charge is 0.155 e. The van der Waals surface area contributed by atoms with Gasteiger partial charge < -0.3 is 5.32 Å². The minimum absolute atomic E-state index is 0.172. The Balaban J connectivity index is 2.11. The first-order chi connectivity index (χ1) is 9.52. The second-order valence-electron chi connectivity index (χ2n) is 4.96. The second kappa shape index (κ2) is 6.45. The number of hydrogen-bond acceptors (Lipinski definition) is 4. The summed E-state index contributed by atoms with van der Waals surface area (Å²) in [4.78, 5) is 4.44. The summed E-state index contributed by atoms with van der Waals surface area (Å²) in [6.07, 6.45) is 1.90. The van der Waals surface area contributed by atoms with E-state index in [4.69, 9.17) is 0 Å². The molecule has 2 atom stereocenters. The van der Waals surface area contributed by atoms with Crippen LogP contribution in [0.1, 0.15) is 36.8 Å². The average molecular weight is 294 g/mol. The van der Waals surface area contributed by atoms with Gasteiger partial charge in [-0.25, -0.2) is 9.50 Å². The molecule has 0 spiro atoms. The van der Waals surface area contributed by atoms with Crippen LogP contribution < -0.4 is 5.32 Å². The maximum atomic E-state index is 11.4. The molecule has 5 nitrogen and oxygen atoms in total. The van der Waals surface area contributed by atoms with Gasteiger partial charge in [0.1, 0.15) is 0 Å². The van der Waals surface area contributed by atoms with Crippen LogP contribution in [0, 0.1) is 13.8 Å². The van der Waals surface area contributed by atoms with Crippen molar-refractivity contribution >= 4 is 16.4 Å². The molecule has 20 heavy (non-hydrogen) atoms. The Hall–Kier alpha value is -1.27. The van der Waals surface area contributed by atoms with Gasteiger partial charge in [0.15, 0.2) is 5.65 Å². The number of aryl methyl sites for hydroxylation is 2. The lowest BCUT2D eigenvalue weighted by molar-refractivity contribution is 0.586. The number of nitrogens with zero attached hydrogens (tertiary/aromatic N) is 3. The largest absolute Gasteiger partial charge is 0.309 e. The van der Waals surface area contributed by atoms with E-state index in [1.54, 1.807) is 0 Å². The zero-order chi connectivity index (χ0) is 14.7. The average Bonchev–Trinajstić information content (AvgIpc) is 2.80. The summed E-state index contributed by atoms with van der Waals surface area (Å²) in [5.41, 5.74) is 4.07. The van der Waals surface area contributed by atoms with E-state index in [1.165, 1.54) is 0 Å². The Morgan fingerprint density at radius 2 is 2.20 bits per heavy atom. The number of rotatable bonds is 6. The Bertz CT molecular complexity index is 623. The van der Waals surface area contributed by atoms with Gasteiger partial charge in [0.25, 0.3) is 0 Å². The zero-order valence-corrected chi connectivity index (χ0v) is 13.3. The minimum atomic E-state index is -0.720. The summed E-state index contributed by atoms with van der Waals surface area (Å²) in [6, 6.07) is 2.14. The summed E-state index contributed by atoms with van der Waals surface area (Å²) in [6.45, 7) is 8.81. The molecule has 0 aliphatic carbocycles. The SMILES string of the molecule is CCS(=O)CCNC(C)c1cnc2cc(C)nn2c1C. The number of fused-ring (bicyclic) bond motifs is 1. The number of aromatic nitrogens is 3. The van der Waals surface area contributed by atoms with Crippen molar-refractivity contribution in [2.45, 2.75) is 33.7 Å². The summed E-state index contributed by atoms with van der Waals surface area (Å²) in [7, 11) is -0.720. The summed E-state index contributed by atoms with van der Waals surface area (Å²) in [5.74, 6) is 1.41. The molecule has 0 fully saturated rings. The van der Waals surface area contributed by atoms with Crippen molar-refractivity contribution in [3.05, 3.63) is 29.2 Å². The fraction of sp³-hybridized carbons (Fsp3) is 0.571. The van der Waals surface area contributed by atoms with Crippen LogP contribution in [0.5, 0.6) is 0 Å². The Labute approximate surface area is 122 Å². The number of nitrogens with one attached hydrogen (secondary N) is 1. The highest BCUT2D eigenvalue weighted by molar-refractivity contribution is 7.84. The van der Waals surface area contributed by atoms with Crippen molar-refractivity contribution in [2.24, 2.45) is 0 Å². The van der Waals surface area contributed by atoms with Crippen LogP contribution in [-0.4, -0.2) is 36.9 Å². The molecule has 110 valence electrons. The molecule has 0 aliphatic rings. The second-order valence-corrected chi connectivity index (χ2v) is 6.83. The monoisotopic (exact) mass is 294 g/mol. The van der Waals surface area contributed by atoms with E-state index in [-0.39, 0.29) is 6.04 Å². The van der Waals surface area contributed by atoms with Gasteiger partial charge in [0, 0.05) is 58.4 Å². The normalized spacial score (nSPS) is 14.6. The molecule has 0 saturated carbocycles. The first kappa shape index (κ1) is 15.1. The van der Waals surface area contributed by atoms with Gasteiger partial charge in [-0.2, -0.15) is 5.10 Å². The fourth-order valence-corrected chi connectivity index (χ4v) is 2.88. The molecular formula is C14H22N4OS. The van der Waals surface area contributed by atoms with Crippen molar-refractivity contribution in [3.8, 4) is 0 Å². The van der Waals surface area contributed by atoms with E-state index in [0.29, 0.717) is 5.75 Å². The van der Waals surface area contributed by atoms with Crippen molar-refractivity contribution in [1.82, 2.24) is 19.9 Å². The first-order valence-corrected chi connectivity index (χ1v) is 8.42. The molecule has 0 radical (unpaired) electrons. The predicted molar refractivity (Wildman–Crippen MR) is 82.4 cm³/mol. The maximum absolute atomic E-state index is 11.4. The molecule has 0 aliphatic heterocycles. The van der Waals surface area contributed by atoms with E-state index in [9.17, 15) is 4.21 Å². The van der Waals surface area contributed by atoms with Gasteiger partial charge >= 0.3 is 0 Å². The van der Waals surface area contributed by atoms with Gasteiger partial charge in [0.2, 0.25) is 0 Å². The van der Waals surface area contributed by atoms with Crippen LogP contribution in [-0.2, 0) is 10.8 Å². The van der Waals surface area contributed by atoms with E-state index in [0.717, 1.165) is 34.9 Å². The van der Waals surface area contributed by atoms with Gasteiger partial charge in [-0.15, -0.1) is 0 Å². The molecule has 6 heteroatoms. The van der Waals surface area contributed by atoms with Crippen LogP contribution in [0.3, 0.4) is 0 Å². The molecule has 2 heterocycles. The van der Waals surface area contributed by atoms with Crippen LogP contribution >= 0.6 is 0 Å². The topological polar surface area (TPSA) is 59.3 Å². The fourth-order valence-electron chi connectivity index (χ4n) is 2.24. The van der Waals surface area contributed by atoms with Gasteiger partial charge in [0.05, 0.1) is 5.69 Å². The van der Waals surface area contributed by atoms with Gasteiger partial charge in [-0.1, -0.05) is 6.92 Å². The molecule has 0 aromatic carbocycles. The highest BCUT2D eigenvalue weighted by atomic mass is 32.2. The minimum Gasteiger partial charge on any atom is -0.309 e. The highest BCUT2D eigenvalue weighted by Gasteiger charge is 2.12. The lowest BCUT2D eigenvalue weighted by atomic mass is 10.1. The van der Waals surface area contributed by atoms with Gasteiger partial charge in [-0.3, -0.25) is 4.21 Å². The molecule has 2 rings (SSSR count). The Morgan fingerprint density at radius 1 is 1.45 bits per heavy atom. The molecule has 2 aromatic rings. The summed E-state index contributed by atoms with van der Waals surface area (Å²) in [5, 5.41) is 7.86. The molecular weight excluding hydrogens is 272 g/mol. The molecule has 2 aromatic heterocycles. The summed E-state index contributed by atoms with van der Waals surface area (Å²) >= 11 is 0. The van der Waals surface area contributed by atoms with Crippen LogP contribution in [0.15, 0.2) is 12.3 Å². The van der Waals surface area contributed by atoms with E-state index in [1.807, 2.05) is 30.6 Å². The van der Waals surface area contributed by atoms with Crippen molar-refractivity contribution < 1.29 is 4.21 Å². The lowest BCUT2D eigenvalue weighted by Gasteiger charge is -2.16. The quantitative estimate of drug-likeness (QED) is 0.882. The Morgan fingerprint density at radius 3 is 2.90 bits per heavy atom. The van der Waals surface area contributed by atoms with Crippen LogP contribution in [0.4, 0.5) is 0 Å². The van der Waals surface area contributed by atoms with Crippen LogP contribution in [0.2, 0.25) is 0 Å². The van der Waals surface area contributed by atoms with Crippen molar-refractivity contribution in [2.75, 3.05) is 18.1 Å². The third kappa shape index (κ3) is 3.24. The van der Waals surface area contributed by atoms with Crippen molar-refractivity contribution in [1.29, 1.82) is 0 Å². The molecule has 1 N–H and O–H groups in total. The zero-order valence-electron chi connectivity index (χ0n) is 12.5. The molecule has 2 unspecified atom stereocenters. The van der Waals surface area contributed by atoms with E-state index < -0.39 is 10.8 Å². The number of hydrogen-bond donors (Lipinski definition) is 1. The standard InChI is InChI=1S/C14H22N4OS/c1-5-20(19)7-6-15-11(3)13-9-16-14-8-10(2)17-18(14)12(13)4/h8-9,11,15H,5-7H2,1-4H3. The maximum Gasteiger partial charge on any atom is 0.155 e. The third-order valence-electron chi connectivity index (χ3n) is 3.45. The molecule has 0 amide bonds. The Kier molecular flexibility index (Phi) is 4.88. The third-order valence-corrected chi connectivity index (χ3v) is 4.76.